The van der Waals surface area contributed by atoms with Gasteiger partial charge in [-0.05, 0) is 44.4 Å². The lowest BCUT2D eigenvalue weighted by Gasteiger charge is -2.35. The molecule has 0 saturated carbocycles. The Kier molecular flexibility index (Phi) is 6.00. The minimum absolute atomic E-state index is 0.0342. The number of benzene rings is 1. The Labute approximate surface area is 192 Å². The van der Waals surface area contributed by atoms with E-state index in [1.54, 1.807) is 17.3 Å². The van der Waals surface area contributed by atoms with Crippen LogP contribution < -0.4 is 0 Å². The largest absolute Gasteiger partial charge is 0.378 e. The maximum Gasteiger partial charge on any atom is 0.257 e. The normalized spacial score (nSPS) is 19.0. The number of hydrogen-bond acceptors (Lipinski definition) is 6. The third kappa shape index (κ3) is 4.18. The summed E-state index contributed by atoms with van der Waals surface area (Å²) in [4.78, 5) is 43.9. The standard InChI is InChI=1S/C25H27N5O3/c1-17-20(24(31)29-12-14-33-15-13-29)16-27-23(28-17)22-9-2-3-11-30(22)25(32)19-6-4-8-21-18(19)7-5-10-26-21/h4-8,10,16,22H,2-3,9,11-15H2,1H3/t22-/m1/s1. The molecular weight excluding hydrogens is 418 g/mol. The van der Waals surface area contributed by atoms with Crippen LogP contribution in [0.1, 0.15) is 57.5 Å². The molecule has 0 unspecified atom stereocenters. The van der Waals surface area contributed by atoms with Crippen molar-refractivity contribution < 1.29 is 14.3 Å². The Morgan fingerprint density at radius 2 is 1.82 bits per heavy atom. The van der Waals surface area contributed by atoms with Gasteiger partial charge in [0.2, 0.25) is 0 Å². The predicted octanol–water partition coefficient (Wildman–Crippen LogP) is 3.17. The number of carbonyl (C=O) groups excluding carboxylic acids is 2. The van der Waals surface area contributed by atoms with Crippen LogP contribution in [0.2, 0.25) is 0 Å². The number of hydrogen-bond donors (Lipinski definition) is 0. The van der Waals surface area contributed by atoms with Gasteiger partial charge < -0.3 is 14.5 Å². The zero-order chi connectivity index (χ0) is 22.8. The Balaban J connectivity index is 1.43. The molecule has 0 spiro atoms. The average molecular weight is 446 g/mol. The summed E-state index contributed by atoms with van der Waals surface area (Å²) >= 11 is 0. The van der Waals surface area contributed by atoms with Crippen LogP contribution in [0.3, 0.4) is 0 Å². The Hall–Kier alpha value is -3.39. The monoisotopic (exact) mass is 445 g/mol. The van der Waals surface area contributed by atoms with E-state index in [9.17, 15) is 9.59 Å². The second kappa shape index (κ2) is 9.23. The predicted molar refractivity (Wildman–Crippen MR) is 123 cm³/mol. The number of carbonyl (C=O) groups is 2. The zero-order valence-electron chi connectivity index (χ0n) is 18.7. The van der Waals surface area contributed by atoms with Crippen LogP contribution in [-0.2, 0) is 4.74 Å². The molecule has 2 aromatic heterocycles. The lowest BCUT2D eigenvalue weighted by atomic mass is 9.98. The van der Waals surface area contributed by atoms with Crippen LogP contribution in [0.5, 0.6) is 0 Å². The van der Waals surface area contributed by atoms with Crippen molar-refractivity contribution in [1.82, 2.24) is 24.8 Å². The summed E-state index contributed by atoms with van der Waals surface area (Å²) in [5.74, 6) is 0.493. The molecule has 3 aromatic rings. The summed E-state index contributed by atoms with van der Waals surface area (Å²) in [7, 11) is 0. The van der Waals surface area contributed by atoms with Crippen molar-refractivity contribution in [2.24, 2.45) is 0 Å². The first-order valence-corrected chi connectivity index (χ1v) is 11.5. The van der Waals surface area contributed by atoms with E-state index < -0.39 is 0 Å². The molecule has 0 bridgehead atoms. The number of pyridine rings is 1. The molecule has 8 heteroatoms. The Morgan fingerprint density at radius 3 is 2.64 bits per heavy atom. The van der Waals surface area contributed by atoms with Gasteiger partial charge in [0, 0.05) is 43.0 Å². The molecule has 2 saturated heterocycles. The lowest BCUT2D eigenvalue weighted by molar-refractivity contribution is 0.0301. The van der Waals surface area contributed by atoms with E-state index in [1.807, 2.05) is 42.2 Å². The number of likely N-dealkylation sites (tertiary alicyclic amines) is 1. The lowest BCUT2D eigenvalue weighted by Crippen LogP contribution is -2.41. The first-order valence-electron chi connectivity index (χ1n) is 11.5. The molecule has 33 heavy (non-hydrogen) atoms. The molecule has 2 aliphatic heterocycles. The van der Waals surface area contributed by atoms with Crippen molar-refractivity contribution in [3.05, 3.63) is 65.4 Å². The van der Waals surface area contributed by atoms with Gasteiger partial charge >= 0.3 is 0 Å². The third-order valence-electron chi connectivity index (χ3n) is 6.46. The van der Waals surface area contributed by atoms with E-state index in [2.05, 4.69) is 9.97 Å². The number of morpholine rings is 1. The maximum atomic E-state index is 13.6. The van der Waals surface area contributed by atoms with Crippen LogP contribution in [0.4, 0.5) is 0 Å². The highest BCUT2D eigenvalue weighted by Gasteiger charge is 2.32. The van der Waals surface area contributed by atoms with Gasteiger partial charge in [0.25, 0.3) is 11.8 Å². The molecule has 2 amide bonds. The van der Waals surface area contributed by atoms with Crippen molar-refractivity contribution in [1.29, 1.82) is 0 Å². The number of rotatable bonds is 3. The number of amides is 2. The molecular formula is C25H27N5O3. The smallest absolute Gasteiger partial charge is 0.257 e. The van der Waals surface area contributed by atoms with Gasteiger partial charge in [0.05, 0.1) is 36.0 Å². The van der Waals surface area contributed by atoms with Gasteiger partial charge in [0.15, 0.2) is 5.82 Å². The van der Waals surface area contributed by atoms with E-state index in [-0.39, 0.29) is 17.9 Å². The summed E-state index contributed by atoms with van der Waals surface area (Å²) in [6.45, 7) is 4.73. The molecule has 0 N–H and O–H groups in total. The van der Waals surface area contributed by atoms with Crippen molar-refractivity contribution in [2.75, 3.05) is 32.8 Å². The number of fused-ring (bicyclic) bond motifs is 1. The molecule has 4 heterocycles. The SMILES string of the molecule is Cc1nc([C@H]2CCCCN2C(=O)c2cccc3ncccc23)ncc1C(=O)N1CCOCC1. The fraction of sp³-hybridized carbons (Fsp3) is 0.400. The van der Waals surface area contributed by atoms with Gasteiger partial charge in [-0.15, -0.1) is 0 Å². The molecule has 8 nitrogen and oxygen atoms in total. The zero-order valence-corrected chi connectivity index (χ0v) is 18.7. The van der Waals surface area contributed by atoms with Crippen LogP contribution in [0.15, 0.2) is 42.7 Å². The van der Waals surface area contributed by atoms with Gasteiger partial charge in [-0.1, -0.05) is 12.1 Å². The van der Waals surface area contributed by atoms with Crippen molar-refractivity contribution in [3.63, 3.8) is 0 Å². The summed E-state index contributed by atoms with van der Waals surface area (Å²) < 4.78 is 5.35. The Morgan fingerprint density at radius 1 is 0.970 bits per heavy atom. The fourth-order valence-corrected chi connectivity index (χ4v) is 4.68. The first-order chi connectivity index (χ1) is 16.1. The Bertz CT molecular complexity index is 1190. The highest BCUT2D eigenvalue weighted by Crippen LogP contribution is 2.32. The molecule has 1 aromatic carbocycles. The minimum atomic E-state index is -0.218. The van der Waals surface area contributed by atoms with Crippen molar-refractivity contribution in [3.8, 4) is 0 Å². The van der Waals surface area contributed by atoms with E-state index in [0.717, 1.165) is 30.2 Å². The van der Waals surface area contributed by atoms with Gasteiger partial charge in [-0.25, -0.2) is 9.97 Å². The maximum absolute atomic E-state index is 13.6. The number of aromatic nitrogens is 3. The second-order valence-electron chi connectivity index (χ2n) is 8.52. The van der Waals surface area contributed by atoms with E-state index in [0.29, 0.717) is 55.5 Å². The summed E-state index contributed by atoms with van der Waals surface area (Å²) in [5.41, 5.74) is 2.59. The molecule has 1 atom stereocenters. The number of aryl methyl sites for hydroxylation is 1. The van der Waals surface area contributed by atoms with Gasteiger partial charge in [-0.2, -0.15) is 0 Å². The van der Waals surface area contributed by atoms with E-state index in [4.69, 9.17) is 9.72 Å². The van der Waals surface area contributed by atoms with Gasteiger partial charge in [-0.3, -0.25) is 14.6 Å². The van der Waals surface area contributed by atoms with E-state index >= 15 is 0 Å². The van der Waals surface area contributed by atoms with Crippen LogP contribution in [-0.4, -0.2) is 69.4 Å². The average Bonchev–Trinajstić information content (AvgIpc) is 2.88. The molecule has 0 radical (unpaired) electrons. The quantitative estimate of drug-likeness (QED) is 0.615. The van der Waals surface area contributed by atoms with E-state index in [1.165, 1.54) is 0 Å². The van der Waals surface area contributed by atoms with Crippen LogP contribution >= 0.6 is 0 Å². The summed E-state index contributed by atoms with van der Waals surface area (Å²) in [6, 6.07) is 9.20. The highest BCUT2D eigenvalue weighted by molar-refractivity contribution is 6.06. The molecule has 0 aliphatic carbocycles. The molecule has 5 rings (SSSR count). The summed E-state index contributed by atoms with van der Waals surface area (Å²) in [6.07, 6.45) is 6.09. The number of piperidine rings is 1. The fourth-order valence-electron chi connectivity index (χ4n) is 4.68. The van der Waals surface area contributed by atoms with Crippen LogP contribution in [0.25, 0.3) is 10.9 Å². The van der Waals surface area contributed by atoms with Gasteiger partial charge in [0.1, 0.15) is 0 Å². The summed E-state index contributed by atoms with van der Waals surface area (Å²) in [5, 5.41) is 0.845. The third-order valence-corrected chi connectivity index (χ3v) is 6.46. The van der Waals surface area contributed by atoms with Crippen molar-refractivity contribution in [2.45, 2.75) is 32.2 Å². The molecule has 2 fully saturated rings. The number of ether oxygens (including phenoxy) is 1. The minimum Gasteiger partial charge on any atom is -0.378 e. The topological polar surface area (TPSA) is 88.5 Å². The number of nitrogens with zero attached hydrogens (tertiary/aromatic N) is 5. The molecule has 2 aliphatic rings. The first kappa shape index (κ1) is 21.5. The molecule has 170 valence electrons. The highest BCUT2D eigenvalue weighted by atomic mass is 16.5. The van der Waals surface area contributed by atoms with Crippen LogP contribution in [0, 0.1) is 6.92 Å². The van der Waals surface area contributed by atoms with Crippen molar-refractivity contribution >= 4 is 22.7 Å². The second-order valence-corrected chi connectivity index (χ2v) is 8.52.